The molecule has 0 radical (unpaired) electrons. The first-order valence-electron chi connectivity index (χ1n) is 11.4. The summed E-state index contributed by atoms with van der Waals surface area (Å²) in [7, 11) is -1.70. The Hall–Kier alpha value is -2.71. The summed E-state index contributed by atoms with van der Waals surface area (Å²) < 4.78 is 39.6. The number of esters is 1. The average molecular weight is 619 g/mol. The van der Waals surface area contributed by atoms with Gasteiger partial charge in [-0.05, 0) is 31.5 Å². The van der Waals surface area contributed by atoms with Crippen molar-refractivity contribution in [3.05, 3.63) is 40.8 Å². The van der Waals surface area contributed by atoms with E-state index in [1.54, 1.807) is 30.3 Å². The third kappa shape index (κ3) is 6.64. The molecule has 2 aliphatic heterocycles. The Morgan fingerprint density at radius 2 is 2.08 bits per heavy atom. The Balaban J connectivity index is 1.81. The molecule has 2 saturated heterocycles. The highest BCUT2D eigenvalue weighted by Crippen LogP contribution is 2.46. The number of amides is 3. The standard InChI is InChI=1S/C21H28BrN6O9P/c1-12(17(29)33-3)26-38(32,37-13-8-6-5-7-9-13)35-11-15-14(25-27-23)10-16(36-15)28-19(34-4)21(2,22)18(30)24-20(28)31/h5-9,12,14-16,19H,10-11H2,1-4H3,(H,26,32)(H,24,30,31)/t12-,14-,15+,16+,19?,21?,38?/m0/s1. The maximum Gasteiger partial charge on any atom is 0.459 e. The molecule has 7 atom stereocenters. The van der Waals surface area contributed by atoms with E-state index in [9.17, 15) is 18.9 Å². The van der Waals surface area contributed by atoms with Gasteiger partial charge in [-0.2, -0.15) is 5.09 Å². The van der Waals surface area contributed by atoms with E-state index in [2.05, 4.69) is 41.1 Å². The van der Waals surface area contributed by atoms with Crippen LogP contribution in [0, 0.1) is 0 Å². The number of rotatable bonds is 11. The number of nitrogens with zero attached hydrogens (tertiary/aromatic N) is 4. The number of para-hydroxylation sites is 1. The number of benzene rings is 1. The van der Waals surface area contributed by atoms with Crippen LogP contribution in [-0.4, -0.2) is 78.6 Å². The molecule has 2 aliphatic rings. The smallest absolute Gasteiger partial charge is 0.459 e. The fourth-order valence-electron chi connectivity index (χ4n) is 3.95. The molecule has 1 aromatic rings. The van der Waals surface area contributed by atoms with Crippen LogP contribution in [0.4, 0.5) is 4.79 Å². The summed E-state index contributed by atoms with van der Waals surface area (Å²) in [6.07, 6.45) is -3.01. The zero-order chi connectivity index (χ0) is 28.1. The molecular formula is C21H28BrN6O9P. The van der Waals surface area contributed by atoms with Gasteiger partial charge in [-0.15, -0.1) is 0 Å². The van der Waals surface area contributed by atoms with Crippen molar-refractivity contribution in [2.75, 3.05) is 20.8 Å². The third-order valence-electron chi connectivity index (χ3n) is 5.84. The predicted octanol–water partition coefficient (Wildman–Crippen LogP) is 2.81. The van der Waals surface area contributed by atoms with Crippen molar-refractivity contribution in [3.8, 4) is 5.75 Å². The quantitative estimate of drug-likeness (QED) is 0.0930. The Kier molecular flexibility index (Phi) is 9.76. The number of ether oxygens (including phenoxy) is 3. The Morgan fingerprint density at radius 1 is 1.39 bits per heavy atom. The first kappa shape index (κ1) is 29.8. The van der Waals surface area contributed by atoms with Gasteiger partial charge in [0.05, 0.1) is 25.9 Å². The molecular weight excluding hydrogens is 591 g/mol. The number of nitrogens with one attached hydrogen (secondary N) is 2. The van der Waals surface area contributed by atoms with Gasteiger partial charge in [-0.3, -0.25) is 24.3 Å². The zero-order valence-electron chi connectivity index (χ0n) is 21.0. The summed E-state index contributed by atoms with van der Waals surface area (Å²) in [5.41, 5.74) is 9.09. The number of hydrogen-bond donors (Lipinski definition) is 2. The van der Waals surface area contributed by atoms with Crippen LogP contribution >= 0.6 is 23.7 Å². The van der Waals surface area contributed by atoms with Crippen molar-refractivity contribution in [1.29, 1.82) is 0 Å². The van der Waals surface area contributed by atoms with E-state index in [1.807, 2.05) is 0 Å². The highest BCUT2D eigenvalue weighted by atomic mass is 79.9. The summed E-state index contributed by atoms with van der Waals surface area (Å²) in [4.78, 5) is 41.0. The molecule has 38 heavy (non-hydrogen) atoms. The third-order valence-corrected chi connectivity index (χ3v) is 8.23. The van der Waals surface area contributed by atoms with Crippen molar-refractivity contribution in [3.63, 3.8) is 0 Å². The van der Waals surface area contributed by atoms with Gasteiger partial charge >= 0.3 is 19.7 Å². The maximum absolute atomic E-state index is 13.6. The minimum atomic E-state index is -4.21. The fraction of sp³-hybridized carbons (Fsp3) is 0.571. The highest BCUT2D eigenvalue weighted by Gasteiger charge is 2.54. The van der Waals surface area contributed by atoms with Gasteiger partial charge < -0.3 is 18.7 Å². The topological polar surface area (TPSA) is 190 Å². The molecule has 2 heterocycles. The van der Waals surface area contributed by atoms with E-state index in [-0.39, 0.29) is 12.2 Å². The first-order valence-corrected chi connectivity index (χ1v) is 13.7. The molecule has 0 aromatic heterocycles. The second kappa shape index (κ2) is 12.4. The lowest BCUT2D eigenvalue weighted by Crippen LogP contribution is -2.69. The maximum atomic E-state index is 13.6. The number of carbonyl (C=O) groups is 3. The summed E-state index contributed by atoms with van der Waals surface area (Å²) in [6, 6.07) is 5.46. The Labute approximate surface area is 226 Å². The van der Waals surface area contributed by atoms with Crippen molar-refractivity contribution >= 4 is 41.6 Å². The number of imide groups is 1. The van der Waals surface area contributed by atoms with Gasteiger partial charge in [0, 0.05) is 18.4 Å². The lowest BCUT2D eigenvalue weighted by atomic mass is 10.0. The summed E-state index contributed by atoms with van der Waals surface area (Å²) in [5, 5.41) is 8.49. The minimum Gasteiger partial charge on any atom is -0.468 e. The number of methoxy groups -OCH3 is 2. The molecule has 3 rings (SSSR count). The van der Waals surface area contributed by atoms with Crippen LogP contribution in [0.5, 0.6) is 5.75 Å². The molecule has 0 spiro atoms. The lowest BCUT2D eigenvalue weighted by Gasteiger charge is -2.44. The van der Waals surface area contributed by atoms with Crippen molar-refractivity contribution in [1.82, 2.24) is 15.3 Å². The molecule has 2 fully saturated rings. The van der Waals surface area contributed by atoms with Crippen LogP contribution in [0.1, 0.15) is 20.3 Å². The van der Waals surface area contributed by atoms with E-state index in [0.717, 1.165) is 0 Å². The van der Waals surface area contributed by atoms with E-state index < -0.39 is 67.2 Å². The largest absolute Gasteiger partial charge is 0.468 e. The Bertz CT molecular complexity index is 1140. The predicted molar refractivity (Wildman–Crippen MR) is 135 cm³/mol. The second-order valence-corrected chi connectivity index (χ2v) is 11.9. The summed E-state index contributed by atoms with van der Waals surface area (Å²) in [5.74, 6) is -1.10. The van der Waals surface area contributed by atoms with Crippen LogP contribution in [-0.2, 0) is 32.9 Å². The molecule has 17 heteroatoms. The lowest BCUT2D eigenvalue weighted by molar-refractivity contribution is -0.152. The van der Waals surface area contributed by atoms with Gasteiger partial charge in [-0.1, -0.05) is 39.2 Å². The molecule has 3 amide bonds. The van der Waals surface area contributed by atoms with Crippen LogP contribution < -0.4 is 14.9 Å². The van der Waals surface area contributed by atoms with Crippen molar-refractivity contribution in [2.24, 2.45) is 5.11 Å². The van der Waals surface area contributed by atoms with Gasteiger partial charge in [-0.25, -0.2) is 9.36 Å². The molecule has 15 nitrogen and oxygen atoms in total. The van der Waals surface area contributed by atoms with Gasteiger partial charge in [0.1, 0.15) is 22.3 Å². The van der Waals surface area contributed by atoms with E-state index in [1.165, 1.54) is 33.0 Å². The number of azide groups is 1. The van der Waals surface area contributed by atoms with Crippen LogP contribution in [0.15, 0.2) is 35.4 Å². The van der Waals surface area contributed by atoms with Crippen LogP contribution in [0.25, 0.3) is 10.4 Å². The number of hydrogen-bond acceptors (Lipinski definition) is 10. The van der Waals surface area contributed by atoms with E-state index in [0.29, 0.717) is 0 Å². The minimum absolute atomic E-state index is 0.0263. The van der Waals surface area contributed by atoms with Gasteiger partial charge in [0.2, 0.25) is 5.91 Å². The number of alkyl halides is 1. The van der Waals surface area contributed by atoms with E-state index in [4.69, 9.17) is 24.1 Å². The molecule has 0 bridgehead atoms. The number of carbonyl (C=O) groups excluding carboxylic acids is 3. The van der Waals surface area contributed by atoms with Crippen molar-refractivity contribution < 1.29 is 42.2 Å². The zero-order valence-corrected chi connectivity index (χ0v) is 23.5. The first-order chi connectivity index (χ1) is 18.0. The monoisotopic (exact) mass is 618 g/mol. The highest BCUT2D eigenvalue weighted by molar-refractivity contribution is 9.10. The van der Waals surface area contributed by atoms with E-state index >= 15 is 0 Å². The number of halogens is 1. The molecule has 3 unspecified atom stereocenters. The molecule has 208 valence electrons. The van der Waals surface area contributed by atoms with Crippen LogP contribution in [0.3, 0.4) is 0 Å². The fourth-order valence-corrected chi connectivity index (χ4v) is 5.96. The molecule has 2 N–H and O–H groups in total. The molecule has 0 saturated carbocycles. The van der Waals surface area contributed by atoms with Gasteiger partial charge in [0.15, 0.2) is 6.23 Å². The van der Waals surface area contributed by atoms with Crippen molar-refractivity contribution in [2.45, 2.75) is 55.2 Å². The number of urea groups is 1. The second-order valence-electron chi connectivity index (χ2n) is 8.54. The molecule has 1 aromatic carbocycles. The Morgan fingerprint density at radius 3 is 2.68 bits per heavy atom. The average Bonchev–Trinajstić information content (AvgIpc) is 3.27. The van der Waals surface area contributed by atoms with Gasteiger partial charge in [0.25, 0.3) is 0 Å². The summed E-state index contributed by atoms with van der Waals surface area (Å²) >= 11 is 3.30. The molecule has 0 aliphatic carbocycles. The normalized spacial score (nSPS) is 29.6. The SMILES string of the molecule is COC(=O)[C@H](C)NP(=O)(OC[C@H]1O[C@@H](N2C(=O)NC(=O)C(C)(Br)C2OC)C[C@@H]1N=[N+]=[N-])Oc1ccccc1. The van der Waals surface area contributed by atoms with Crippen LogP contribution in [0.2, 0.25) is 0 Å². The summed E-state index contributed by atoms with van der Waals surface area (Å²) in [6.45, 7) is 2.53.